The summed E-state index contributed by atoms with van der Waals surface area (Å²) in [5, 5.41) is 19.7. The SMILES string of the molecule is CCc1ccccc1-n1ncc(-c2nn3c(Cc4ccc(Cl)cc4)nnc3s2)c1C. The number of benzene rings is 2. The maximum atomic E-state index is 5.99. The third-order valence-corrected chi connectivity index (χ3v) is 6.36. The van der Waals surface area contributed by atoms with Crippen molar-refractivity contribution in [3.05, 3.63) is 82.4 Å². The van der Waals surface area contributed by atoms with Gasteiger partial charge in [0.05, 0.1) is 23.1 Å². The third kappa shape index (κ3) is 3.30. The highest BCUT2D eigenvalue weighted by atomic mass is 35.5. The van der Waals surface area contributed by atoms with Crippen LogP contribution >= 0.6 is 22.9 Å². The lowest BCUT2D eigenvalue weighted by molar-refractivity contribution is 0.832. The standard InChI is InChI=1S/C22H19ClN6S/c1-3-16-6-4-5-7-19(16)28-14(2)18(13-24-28)21-27-29-20(25-26-22(29)30-21)12-15-8-10-17(23)11-9-15/h4-11,13H,3,12H2,1-2H3. The van der Waals surface area contributed by atoms with Gasteiger partial charge in [-0.1, -0.05) is 60.2 Å². The molecular weight excluding hydrogens is 416 g/mol. The van der Waals surface area contributed by atoms with Crippen LogP contribution in [0, 0.1) is 6.92 Å². The summed E-state index contributed by atoms with van der Waals surface area (Å²) in [4.78, 5) is 0.773. The second-order valence-corrected chi connectivity index (χ2v) is 8.45. The average molecular weight is 435 g/mol. The van der Waals surface area contributed by atoms with Crippen LogP contribution in [0.2, 0.25) is 5.02 Å². The van der Waals surface area contributed by atoms with Crippen molar-refractivity contribution in [1.29, 1.82) is 0 Å². The van der Waals surface area contributed by atoms with Gasteiger partial charge in [0.25, 0.3) is 0 Å². The lowest BCUT2D eigenvalue weighted by Crippen LogP contribution is -2.02. The van der Waals surface area contributed by atoms with Crippen molar-refractivity contribution in [1.82, 2.24) is 29.6 Å². The molecule has 5 aromatic rings. The van der Waals surface area contributed by atoms with E-state index in [0.717, 1.165) is 49.7 Å². The number of aryl methyl sites for hydroxylation is 1. The van der Waals surface area contributed by atoms with Crippen molar-refractivity contribution >= 4 is 27.9 Å². The number of fused-ring (bicyclic) bond motifs is 1. The van der Waals surface area contributed by atoms with E-state index in [0.29, 0.717) is 6.42 Å². The Hall–Kier alpha value is -3.03. The van der Waals surface area contributed by atoms with Crippen LogP contribution in [-0.2, 0) is 12.8 Å². The van der Waals surface area contributed by atoms with Gasteiger partial charge in [-0.2, -0.15) is 14.7 Å². The molecule has 0 saturated carbocycles. The molecule has 0 radical (unpaired) electrons. The highest BCUT2D eigenvalue weighted by Gasteiger charge is 2.18. The molecule has 0 spiro atoms. The number of aromatic nitrogens is 6. The minimum absolute atomic E-state index is 0.642. The number of nitrogens with zero attached hydrogens (tertiary/aromatic N) is 6. The molecule has 3 aromatic heterocycles. The number of hydrogen-bond donors (Lipinski definition) is 0. The Balaban J connectivity index is 1.51. The zero-order chi connectivity index (χ0) is 20.7. The van der Waals surface area contributed by atoms with Gasteiger partial charge in [-0.05, 0) is 42.7 Å². The molecule has 150 valence electrons. The van der Waals surface area contributed by atoms with Crippen molar-refractivity contribution in [2.45, 2.75) is 26.7 Å². The lowest BCUT2D eigenvalue weighted by atomic mass is 10.1. The fraction of sp³-hybridized carbons (Fsp3) is 0.182. The minimum Gasteiger partial charge on any atom is -0.237 e. The van der Waals surface area contributed by atoms with E-state index in [9.17, 15) is 0 Å². The summed E-state index contributed by atoms with van der Waals surface area (Å²) in [5.74, 6) is 0.802. The fourth-order valence-corrected chi connectivity index (χ4v) is 4.59. The summed E-state index contributed by atoms with van der Waals surface area (Å²) in [5.41, 5.74) is 5.55. The summed E-state index contributed by atoms with van der Waals surface area (Å²) in [6.07, 6.45) is 3.48. The summed E-state index contributed by atoms with van der Waals surface area (Å²) in [6, 6.07) is 16.1. The number of rotatable bonds is 5. The number of para-hydroxylation sites is 1. The van der Waals surface area contributed by atoms with Crippen LogP contribution in [0.5, 0.6) is 0 Å². The topological polar surface area (TPSA) is 60.9 Å². The second-order valence-electron chi connectivity index (χ2n) is 7.06. The predicted molar refractivity (Wildman–Crippen MR) is 120 cm³/mol. The largest absolute Gasteiger partial charge is 0.237 e. The maximum Gasteiger partial charge on any atom is 0.234 e. The van der Waals surface area contributed by atoms with Crippen LogP contribution in [0.15, 0.2) is 54.7 Å². The van der Waals surface area contributed by atoms with Gasteiger partial charge in [-0.15, -0.1) is 10.2 Å². The summed E-state index contributed by atoms with van der Waals surface area (Å²) in [7, 11) is 0. The first-order chi connectivity index (χ1) is 14.6. The van der Waals surface area contributed by atoms with Gasteiger partial charge < -0.3 is 0 Å². The Labute approximate surface area is 182 Å². The lowest BCUT2D eigenvalue weighted by Gasteiger charge is -2.09. The molecule has 0 saturated heterocycles. The van der Waals surface area contributed by atoms with Crippen LogP contribution < -0.4 is 0 Å². The van der Waals surface area contributed by atoms with Crippen molar-refractivity contribution in [2.75, 3.05) is 0 Å². The Morgan fingerprint density at radius 3 is 2.63 bits per heavy atom. The maximum absolute atomic E-state index is 5.99. The van der Waals surface area contributed by atoms with Gasteiger partial charge in [0.1, 0.15) is 0 Å². The van der Waals surface area contributed by atoms with E-state index in [4.69, 9.17) is 16.7 Å². The fourth-order valence-electron chi connectivity index (χ4n) is 3.54. The van der Waals surface area contributed by atoms with Crippen LogP contribution in [0.4, 0.5) is 0 Å². The molecule has 30 heavy (non-hydrogen) atoms. The molecule has 0 amide bonds. The third-order valence-electron chi connectivity index (χ3n) is 5.17. The molecule has 0 N–H and O–H groups in total. The first-order valence-corrected chi connectivity index (χ1v) is 10.9. The molecule has 0 fully saturated rings. The van der Waals surface area contributed by atoms with Gasteiger partial charge in [-0.25, -0.2) is 4.68 Å². The van der Waals surface area contributed by atoms with Crippen molar-refractivity contribution < 1.29 is 0 Å². The molecule has 5 rings (SSSR count). The zero-order valence-electron chi connectivity index (χ0n) is 16.6. The van der Waals surface area contributed by atoms with E-state index in [2.05, 4.69) is 47.3 Å². The van der Waals surface area contributed by atoms with Crippen LogP contribution in [0.25, 0.3) is 21.2 Å². The molecular formula is C22H19ClN6S. The highest BCUT2D eigenvalue weighted by molar-refractivity contribution is 7.19. The molecule has 0 aliphatic heterocycles. The zero-order valence-corrected chi connectivity index (χ0v) is 18.2. The Bertz CT molecular complexity index is 1330. The minimum atomic E-state index is 0.642. The quantitative estimate of drug-likeness (QED) is 0.383. The number of halogens is 1. The van der Waals surface area contributed by atoms with Gasteiger partial charge in [0, 0.05) is 11.4 Å². The number of hydrogen-bond acceptors (Lipinski definition) is 5. The van der Waals surface area contributed by atoms with E-state index < -0.39 is 0 Å². The molecule has 8 heteroatoms. The molecule has 0 atom stereocenters. The van der Waals surface area contributed by atoms with E-state index >= 15 is 0 Å². The molecule has 0 aliphatic rings. The summed E-state index contributed by atoms with van der Waals surface area (Å²) >= 11 is 7.51. The normalized spacial score (nSPS) is 11.4. The van der Waals surface area contributed by atoms with Crippen molar-refractivity contribution in [3.63, 3.8) is 0 Å². The van der Waals surface area contributed by atoms with Gasteiger partial charge >= 0.3 is 0 Å². The first kappa shape index (κ1) is 19.0. The van der Waals surface area contributed by atoms with Crippen LogP contribution in [0.3, 0.4) is 0 Å². The summed E-state index contributed by atoms with van der Waals surface area (Å²) < 4.78 is 3.82. The van der Waals surface area contributed by atoms with E-state index in [1.807, 2.05) is 45.7 Å². The van der Waals surface area contributed by atoms with Crippen molar-refractivity contribution in [3.8, 4) is 16.3 Å². The molecule has 0 bridgehead atoms. The molecule has 2 aromatic carbocycles. The smallest absolute Gasteiger partial charge is 0.234 e. The monoisotopic (exact) mass is 434 g/mol. The van der Waals surface area contributed by atoms with E-state index in [-0.39, 0.29) is 0 Å². The van der Waals surface area contributed by atoms with Gasteiger partial charge in [-0.3, -0.25) is 0 Å². The van der Waals surface area contributed by atoms with E-state index in [1.54, 1.807) is 0 Å². The molecule has 0 unspecified atom stereocenters. The Kier molecular flexibility index (Phi) is 4.84. The van der Waals surface area contributed by atoms with Crippen LogP contribution in [-0.4, -0.2) is 29.6 Å². The van der Waals surface area contributed by atoms with Gasteiger partial charge in [0.15, 0.2) is 10.8 Å². The first-order valence-electron chi connectivity index (χ1n) is 9.73. The molecule has 6 nitrogen and oxygen atoms in total. The van der Waals surface area contributed by atoms with E-state index in [1.165, 1.54) is 16.9 Å². The molecule has 3 heterocycles. The molecule has 0 aliphatic carbocycles. The van der Waals surface area contributed by atoms with Crippen molar-refractivity contribution in [2.24, 2.45) is 0 Å². The predicted octanol–water partition coefficient (Wildman–Crippen LogP) is 5.15. The Morgan fingerprint density at radius 2 is 1.83 bits per heavy atom. The Morgan fingerprint density at radius 1 is 1.03 bits per heavy atom. The average Bonchev–Trinajstić information content (AvgIpc) is 3.45. The van der Waals surface area contributed by atoms with Gasteiger partial charge in [0.2, 0.25) is 4.96 Å². The summed E-state index contributed by atoms with van der Waals surface area (Å²) in [6.45, 7) is 4.23. The van der Waals surface area contributed by atoms with Crippen LogP contribution in [0.1, 0.15) is 29.6 Å². The highest BCUT2D eigenvalue weighted by Crippen LogP contribution is 2.30. The second kappa shape index (κ2) is 7.66.